The van der Waals surface area contributed by atoms with Gasteiger partial charge in [0.15, 0.2) is 5.76 Å². The molecule has 2 rings (SSSR count). The summed E-state index contributed by atoms with van der Waals surface area (Å²) >= 11 is 0. The largest absolute Gasteiger partial charge is 0.497 e. The summed E-state index contributed by atoms with van der Waals surface area (Å²) in [6.07, 6.45) is 0.416. The number of methoxy groups -OCH3 is 1. The van der Waals surface area contributed by atoms with E-state index >= 15 is 0 Å². The number of carbonyl (C=O) groups excluding carboxylic acids is 1. The Morgan fingerprint density at radius 3 is 2.58 bits per heavy atom. The molecule has 1 heterocycles. The van der Waals surface area contributed by atoms with Gasteiger partial charge in [-0.2, -0.15) is 0 Å². The Balaban J connectivity index is 2.44. The van der Waals surface area contributed by atoms with Gasteiger partial charge in [-0.05, 0) is 39.0 Å². The van der Waals surface area contributed by atoms with E-state index in [1.165, 1.54) is 7.11 Å². The van der Waals surface area contributed by atoms with Gasteiger partial charge in [0.1, 0.15) is 16.9 Å². The van der Waals surface area contributed by atoms with Gasteiger partial charge >= 0.3 is 12.1 Å². The van der Waals surface area contributed by atoms with Gasteiger partial charge in [0, 0.05) is 5.56 Å². The second-order valence-corrected chi connectivity index (χ2v) is 5.91. The van der Waals surface area contributed by atoms with Crippen LogP contribution in [0.1, 0.15) is 31.1 Å². The van der Waals surface area contributed by atoms with E-state index in [0.29, 0.717) is 17.0 Å². The second kappa shape index (κ2) is 6.61. The predicted octanol–water partition coefficient (Wildman–Crippen LogP) is 3.40. The average molecular weight is 334 g/mol. The number of hydrogen-bond donors (Lipinski definition) is 2. The third-order valence-electron chi connectivity index (χ3n) is 2.91. The molecule has 0 unspecified atom stereocenters. The molecular weight excluding hydrogens is 316 g/mol. The first-order valence-corrected chi connectivity index (χ1v) is 7.07. The molecule has 8 heteroatoms. The lowest BCUT2D eigenvalue weighted by molar-refractivity contribution is 0.0634. The van der Waals surface area contributed by atoms with Gasteiger partial charge in [0.2, 0.25) is 0 Å². The normalized spacial score (nSPS) is 11.0. The number of benzene rings is 1. The van der Waals surface area contributed by atoms with Crippen molar-refractivity contribution in [1.29, 1.82) is 0 Å². The molecule has 0 aliphatic carbocycles. The highest BCUT2D eigenvalue weighted by molar-refractivity contribution is 5.98. The van der Waals surface area contributed by atoms with Crippen LogP contribution in [0.15, 0.2) is 28.9 Å². The lowest BCUT2D eigenvalue weighted by atomic mass is 10.1. The summed E-state index contributed by atoms with van der Waals surface area (Å²) in [5.74, 6) is -0.725. The number of rotatable bonds is 4. The van der Waals surface area contributed by atoms with Crippen molar-refractivity contribution in [3.63, 3.8) is 0 Å². The first kappa shape index (κ1) is 17.3. The molecule has 2 aromatic rings. The van der Waals surface area contributed by atoms with Crippen LogP contribution in [0.2, 0.25) is 0 Å². The SMILES string of the molecule is COc1ccc(NC(=O)OC(C)(C)C)c(-c2oncc2C(=O)O)c1. The van der Waals surface area contributed by atoms with E-state index in [1.54, 1.807) is 39.0 Å². The zero-order valence-electron chi connectivity index (χ0n) is 13.7. The quantitative estimate of drug-likeness (QED) is 0.881. The van der Waals surface area contributed by atoms with Gasteiger partial charge in [-0.15, -0.1) is 0 Å². The summed E-state index contributed by atoms with van der Waals surface area (Å²) in [6.45, 7) is 5.21. The molecule has 0 atom stereocenters. The van der Waals surface area contributed by atoms with Crippen LogP contribution in [0.4, 0.5) is 10.5 Å². The molecule has 0 fully saturated rings. The van der Waals surface area contributed by atoms with Gasteiger partial charge in [0.05, 0.1) is 19.0 Å². The number of aromatic nitrogens is 1. The van der Waals surface area contributed by atoms with Crippen LogP contribution in [-0.2, 0) is 4.74 Å². The molecule has 8 nitrogen and oxygen atoms in total. The topological polar surface area (TPSA) is 111 Å². The van der Waals surface area contributed by atoms with Crippen molar-refractivity contribution in [2.45, 2.75) is 26.4 Å². The number of ether oxygens (including phenoxy) is 2. The molecule has 24 heavy (non-hydrogen) atoms. The Labute approximate surface area is 138 Å². The smallest absolute Gasteiger partial charge is 0.412 e. The minimum atomic E-state index is -1.20. The zero-order valence-corrected chi connectivity index (χ0v) is 13.7. The minimum Gasteiger partial charge on any atom is -0.497 e. The predicted molar refractivity (Wildman–Crippen MR) is 85.3 cm³/mol. The average Bonchev–Trinajstić information content (AvgIpc) is 2.95. The summed E-state index contributed by atoms with van der Waals surface area (Å²) < 4.78 is 15.4. The number of amides is 1. The summed E-state index contributed by atoms with van der Waals surface area (Å²) in [7, 11) is 1.47. The summed E-state index contributed by atoms with van der Waals surface area (Å²) in [5, 5.41) is 15.3. The van der Waals surface area contributed by atoms with E-state index in [9.17, 15) is 14.7 Å². The first-order chi connectivity index (χ1) is 11.2. The van der Waals surface area contributed by atoms with Gasteiger partial charge < -0.3 is 19.1 Å². The fourth-order valence-electron chi connectivity index (χ4n) is 1.95. The van der Waals surface area contributed by atoms with Gasteiger partial charge in [-0.1, -0.05) is 5.16 Å². The Morgan fingerprint density at radius 1 is 1.29 bits per heavy atom. The fraction of sp³-hybridized carbons (Fsp3) is 0.312. The third-order valence-corrected chi connectivity index (χ3v) is 2.91. The number of nitrogens with zero attached hydrogens (tertiary/aromatic N) is 1. The lowest BCUT2D eigenvalue weighted by Crippen LogP contribution is -2.27. The molecule has 128 valence electrons. The maximum Gasteiger partial charge on any atom is 0.412 e. The monoisotopic (exact) mass is 334 g/mol. The standard InChI is InChI=1S/C16H18N2O6/c1-16(2,3)23-15(21)18-12-6-5-9(22-4)7-10(12)13-11(14(19)20)8-17-24-13/h5-8H,1-4H3,(H,18,21)(H,19,20). The van der Waals surface area contributed by atoms with Crippen molar-refractivity contribution in [1.82, 2.24) is 5.16 Å². The van der Waals surface area contributed by atoms with Gasteiger partial charge in [0.25, 0.3) is 0 Å². The van der Waals surface area contributed by atoms with Crippen LogP contribution in [0.5, 0.6) is 5.75 Å². The van der Waals surface area contributed by atoms with Gasteiger partial charge in [-0.25, -0.2) is 9.59 Å². The molecule has 2 N–H and O–H groups in total. The van der Waals surface area contributed by atoms with Crippen molar-refractivity contribution in [3.8, 4) is 17.1 Å². The molecule has 0 bridgehead atoms. The number of anilines is 1. The highest BCUT2D eigenvalue weighted by Crippen LogP contribution is 2.34. The van der Waals surface area contributed by atoms with Crippen LogP contribution in [-0.4, -0.2) is 35.0 Å². The summed E-state index contributed by atoms with van der Waals surface area (Å²) in [5.41, 5.74) is -0.176. The lowest BCUT2D eigenvalue weighted by Gasteiger charge is -2.20. The van der Waals surface area contributed by atoms with E-state index in [-0.39, 0.29) is 11.3 Å². The minimum absolute atomic E-state index is 0.00691. The van der Waals surface area contributed by atoms with Crippen LogP contribution < -0.4 is 10.1 Å². The van der Waals surface area contributed by atoms with Crippen LogP contribution in [0, 0.1) is 0 Å². The van der Waals surface area contributed by atoms with E-state index < -0.39 is 17.7 Å². The summed E-state index contributed by atoms with van der Waals surface area (Å²) in [4.78, 5) is 23.3. The Hall–Kier alpha value is -3.03. The second-order valence-electron chi connectivity index (χ2n) is 5.91. The maximum absolute atomic E-state index is 12.0. The molecule has 0 radical (unpaired) electrons. The number of nitrogens with one attached hydrogen (secondary N) is 1. The molecule has 1 amide bonds. The van der Waals surface area contributed by atoms with Crippen molar-refractivity contribution in [2.24, 2.45) is 0 Å². The molecular formula is C16H18N2O6. The van der Waals surface area contributed by atoms with Crippen LogP contribution in [0.25, 0.3) is 11.3 Å². The Morgan fingerprint density at radius 2 is 2.00 bits per heavy atom. The molecule has 0 aliphatic heterocycles. The Kier molecular flexibility index (Phi) is 4.77. The van der Waals surface area contributed by atoms with Crippen molar-refractivity contribution >= 4 is 17.7 Å². The molecule has 0 saturated carbocycles. The van der Waals surface area contributed by atoms with Crippen molar-refractivity contribution in [3.05, 3.63) is 30.0 Å². The number of hydrogen-bond acceptors (Lipinski definition) is 6. The van der Waals surface area contributed by atoms with E-state index in [0.717, 1.165) is 6.20 Å². The maximum atomic E-state index is 12.0. The molecule has 0 aliphatic rings. The summed E-state index contributed by atoms with van der Waals surface area (Å²) in [6, 6.07) is 4.72. The van der Waals surface area contributed by atoms with Crippen molar-refractivity contribution in [2.75, 3.05) is 12.4 Å². The van der Waals surface area contributed by atoms with Crippen molar-refractivity contribution < 1.29 is 28.7 Å². The van der Waals surface area contributed by atoms with E-state index in [2.05, 4.69) is 10.5 Å². The molecule has 0 spiro atoms. The van der Waals surface area contributed by atoms with Crippen LogP contribution in [0.3, 0.4) is 0 Å². The zero-order chi connectivity index (χ0) is 17.9. The number of carboxylic acids is 1. The van der Waals surface area contributed by atoms with Crippen LogP contribution >= 0.6 is 0 Å². The molecule has 1 aromatic carbocycles. The highest BCUT2D eigenvalue weighted by atomic mass is 16.6. The first-order valence-electron chi connectivity index (χ1n) is 7.07. The number of aromatic carboxylic acids is 1. The molecule has 0 saturated heterocycles. The van der Waals surface area contributed by atoms with E-state index in [1.807, 2.05) is 0 Å². The van der Waals surface area contributed by atoms with E-state index in [4.69, 9.17) is 14.0 Å². The molecule has 1 aromatic heterocycles. The van der Waals surface area contributed by atoms with Gasteiger partial charge in [-0.3, -0.25) is 5.32 Å². The third kappa shape index (κ3) is 4.03. The number of carboxylic acid groups (broad SMARTS) is 1. The fourth-order valence-corrected chi connectivity index (χ4v) is 1.95. The number of carbonyl (C=O) groups is 2. The highest BCUT2D eigenvalue weighted by Gasteiger charge is 2.23. The Bertz CT molecular complexity index is 760.